The van der Waals surface area contributed by atoms with Gasteiger partial charge in [0.15, 0.2) is 0 Å². The van der Waals surface area contributed by atoms with Crippen LogP contribution in [0.3, 0.4) is 0 Å². The predicted octanol–water partition coefficient (Wildman–Crippen LogP) is 6.99. The third kappa shape index (κ3) is 4.49. The molecule has 0 amide bonds. The maximum atomic E-state index is 13.5. The Bertz CT molecular complexity index is 1430. The molecular formula is C32H32FN3O. The Hall–Kier alpha value is -3.70. The Balaban J connectivity index is 1.26. The van der Waals surface area contributed by atoms with Gasteiger partial charge in [-0.25, -0.2) is 9.07 Å². The number of fused-ring (bicyclic) bond motifs is 2. The number of phenolic OH excluding ortho intramolecular Hbond substituents is 1. The molecule has 1 unspecified atom stereocenters. The number of para-hydroxylation sites is 1. The number of hydrogen-bond donors (Lipinski definition) is 2. The highest BCUT2D eigenvalue weighted by molar-refractivity contribution is 5.61. The van der Waals surface area contributed by atoms with Gasteiger partial charge in [-0.1, -0.05) is 61.0 Å². The third-order valence-corrected chi connectivity index (χ3v) is 8.48. The van der Waals surface area contributed by atoms with Crippen LogP contribution in [-0.2, 0) is 13.0 Å². The van der Waals surface area contributed by atoms with E-state index in [1.54, 1.807) is 18.2 Å². The van der Waals surface area contributed by atoms with Gasteiger partial charge in [0, 0.05) is 18.2 Å². The molecule has 0 radical (unpaired) electrons. The van der Waals surface area contributed by atoms with Crippen LogP contribution in [0.5, 0.6) is 5.75 Å². The number of nitrogens with zero attached hydrogens (tertiary/aromatic N) is 2. The van der Waals surface area contributed by atoms with Crippen molar-refractivity contribution in [2.45, 2.75) is 45.2 Å². The lowest BCUT2D eigenvalue weighted by molar-refractivity contribution is 0.230. The molecule has 3 aromatic carbocycles. The van der Waals surface area contributed by atoms with Gasteiger partial charge >= 0.3 is 0 Å². The summed E-state index contributed by atoms with van der Waals surface area (Å²) >= 11 is 0. The second-order valence-electron chi connectivity index (χ2n) is 10.7. The fourth-order valence-corrected chi connectivity index (χ4v) is 6.30. The second-order valence-corrected chi connectivity index (χ2v) is 10.7. The number of halogens is 1. The molecule has 1 heterocycles. The van der Waals surface area contributed by atoms with Gasteiger partial charge in [-0.05, 0) is 84.6 Å². The zero-order valence-corrected chi connectivity index (χ0v) is 21.1. The van der Waals surface area contributed by atoms with E-state index >= 15 is 0 Å². The quantitative estimate of drug-likeness (QED) is 0.292. The van der Waals surface area contributed by atoms with E-state index in [0.29, 0.717) is 18.2 Å². The summed E-state index contributed by atoms with van der Waals surface area (Å²) < 4.78 is 15.4. The average Bonchev–Trinajstić information content (AvgIpc) is 3.46. The molecule has 2 aliphatic carbocycles. The monoisotopic (exact) mass is 493 g/mol. The zero-order chi connectivity index (χ0) is 25.4. The number of phenols is 1. The summed E-state index contributed by atoms with van der Waals surface area (Å²) in [6, 6.07) is 24.9. The van der Waals surface area contributed by atoms with E-state index in [2.05, 4.69) is 53.7 Å². The number of allylic oxidation sites excluding steroid dienone is 1. The largest absolute Gasteiger partial charge is 0.508 e. The molecule has 5 heteroatoms. The van der Waals surface area contributed by atoms with Crippen LogP contribution in [0, 0.1) is 17.2 Å². The number of hydrogen-bond acceptors (Lipinski definition) is 3. The summed E-state index contributed by atoms with van der Waals surface area (Å²) in [5.74, 6) is 0.611. The summed E-state index contributed by atoms with van der Waals surface area (Å²) in [5, 5.41) is 18.7. The van der Waals surface area contributed by atoms with Gasteiger partial charge in [-0.2, -0.15) is 5.10 Å². The summed E-state index contributed by atoms with van der Waals surface area (Å²) in [7, 11) is 0. The molecule has 4 aromatic rings. The fourth-order valence-electron chi connectivity index (χ4n) is 6.30. The molecule has 1 saturated carbocycles. The molecule has 188 valence electrons. The van der Waals surface area contributed by atoms with Crippen LogP contribution in [0.4, 0.5) is 4.39 Å². The van der Waals surface area contributed by atoms with E-state index < -0.39 is 0 Å². The molecule has 2 N–H and O–H groups in total. The van der Waals surface area contributed by atoms with E-state index in [1.165, 1.54) is 28.8 Å². The lowest BCUT2D eigenvalue weighted by Gasteiger charge is -2.38. The maximum Gasteiger partial charge on any atom is 0.123 e. The van der Waals surface area contributed by atoms with Gasteiger partial charge in [0.2, 0.25) is 0 Å². The van der Waals surface area contributed by atoms with Crippen molar-refractivity contribution in [2.75, 3.05) is 0 Å². The fraction of sp³-hybridized carbons (Fsp3) is 0.281. The highest BCUT2D eigenvalue weighted by Gasteiger charge is 2.46. The highest BCUT2D eigenvalue weighted by Crippen LogP contribution is 2.55. The van der Waals surface area contributed by atoms with Gasteiger partial charge in [-0.3, -0.25) is 0 Å². The van der Waals surface area contributed by atoms with Crippen molar-refractivity contribution >= 4 is 6.08 Å². The molecule has 1 aromatic heterocycles. The minimum Gasteiger partial charge on any atom is -0.508 e. The van der Waals surface area contributed by atoms with Crippen LogP contribution in [0.2, 0.25) is 0 Å². The number of rotatable bonds is 7. The van der Waals surface area contributed by atoms with Crippen molar-refractivity contribution in [1.82, 2.24) is 15.1 Å². The first-order valence-electron chi connectivity index (χ1n) is 13.1. The molecule has 0 spiro atoms. The minimum atomic E-state index is -0.238. The first-order valence-corrected chi connectivity index (χ1v) is 13.1. The Kier molecular flexibility index (Phi) is 6.17. The number of aromatic nitrogens is 2. The standard InChI is InChI=1S/C32H32FN3O/c1-32-19-24-21-35-36(28-15-13-27(33)14-16-28)30(24)18-26(32)12-11-25(32)17-29(22-7-3-2-4-8-22)34-20-23-9-5-6-10-31(23)37/h2-10,13-16,18,21,25,29,34,37H,11-12,17,19-20H2,1H3/t25-,29?,32-/m1/s1. The normalized spacial score (nSPS) is 21.2. The van der Waals surface area contributed by atoms with Crippen molar-refractivity contribution in [3.05, 3.63) is 119 Å². The smallest absolute Gasteiger partial charge is 0.123 e. The molecule has 3 atom stereocenters. The topological polar surface area (TPSA) is 50.1 Å². The molecule has 6 rings (SSSR count). The average molecular weight is 494 g/mol. The van der Waals surface area contributed by atoms with Gasteiger partial charge in [0.25, 0.3) is 0 Å². The number of nitrogens with one attached hydrogen (secondary N) is 1. The summed E-state index contributed by atoms with van der Waals surface area (Å²) in [6.45, 7) is 3.03. The molecule has 0 saturated heterocycles. The summed E-state index contributed by atoms with van der Waals surface area (Å²) in [4.78, 5) is 0. The Morgan fingerprint density at radius 3 is 2.59 bits per heavy atom. The second kappa shape index (κ2) is 9.64. The van der Waals surface area contributed by atoms with Crippen LogP contribution in [0.15, 0.2) is 90.6 Å². The van der Waals surface area contributed by atoms with Gasteiger partial charge < -0.3 is 10.4 Å². The number of benzene rings is 3. The molecule has 0 aliphatic heterocycles. The Morgan fingerprint density at radius 2 is 1.81 bits per heavy atom. The SMILES string of the molecule is C[C@]12Cc3cnn(-c4ccc(F)cc4)c3C=C1CC[C@@H]2CC(NCc1ccccc1O)c1ccccc1. The first-order chi connectivity index (χ1) is 18.0. The Morgan fingerprint density at radius 1 is 1.05 bits per heavy atom. The van der Waals surface area contributed by atoms with Crippen molar-refractivity contribution in [1.29, 1.82) is 0 Å². The third-order valence-electron chi connectivity index (χ3n) is 8.48. The lowest BCUT2D eigenvalue weighted by atomic mass is 9.68. The zero-order valence-electron chi connectivity index (χ0n) is 21.1. The number of aromatic hydroxyl groups is 1. The van der Waals surface area contributed by atoms with Crippen molar-refractivity contribution in [3.8, 4) is 11.4 Å². The van der Waals surface area contributed by atoms with E-state index in [-0.39, 0.29) is 17.3 Å². The van der Waals surface area contributed by atoms with Crippen LogP contribution >= 0.6 is 0 Å². The van der Waals surface area contributed by atoms with Crippen LogP contribution in [-0.4, -0.2) is 14.9 Å². The van der Waals surface area contributed by atoms with Crippen molar-refractivity contribution < 1.29 is 9.50 Å². The molecule has 2 aliphatic rings. The lowest BCUT2D eigenvalue weighted by Crippen LogP contribution is -2.32. The van der Waals surface area contributed by atoms with E-state index in [0.717, 1.165) is 42.6 Å². The maximum absolute atomic E-state index is 13.5. The van der Waals surface area contributed by atoms with Crippen molar-refractivity contribution in [2.24, 2.45) is 11.3 Å². The van der Waals surface area contributed by atoms with Crippen LogP contribution < -0.4 is 5.32 Å². The van der Waals surface area contributed by atoms with Gasteiger partial charge in [0.05, 0.1) is 17.6 Å². The molecule has 0 bridgehead atoms. The summed E-state index contributed by atoms with van der Waals surface area (Å²) in [6.07, 6.45) is 8.53. The molecular weight excluding hydrogens is 461 g/mol. The Labute approximate surface area is 217 Å². The van der Waals surface area contributed by atoms with Gasteiger partial charge in [0.1, 0.15) is 11.6 Å². The highest BCUT2D eigenvalue weighted by atomic mass is 19.1. The van der Waals surface area contributed by atoms with E-state index in [4.69, 9.17) is 0 Å². The molecule has 4 nitrogen and oxygen atoms in total. The van der Waals surface area contributed by atoms with Crippen molar-refractivity contribution in [3.63, 3.8) is 0 Å². The predicted molar refractivity (Wildman–Crippen MR) is 145 cm³/mol. The molecule has 1 fully saturated rings. The van der Waals surface area contributed by atoms with E-state index in [1.807, 2.05) is 29.1 Å². The van der Waals surface area contributed by atoms with E-state index in [9.17, 15) is 9.50 Å². The first kappa shape index (κ1) is 23.7. The van der Waals surface area contributed by atoms with Crippen LogP contribution in [0.1, 0.15) is 54.6 Å². The minimum absolute atomic E-state index is 0.0766. The van der Waals surface area contributed by atoms with Crippen LogP contribution in [0.25, 0.3) is 11.8 Å². The van der Waals surface area contributed by atoms with Gasteiger partial charge in [-0.15, -0.1) is 0 Å². The molecule has 37 heavy (non-hydrogen) atoms. The summed E-state index contributed by atoms with van der Waals surface area (Å²) in [5.41, 5.74) is 7.01.